The monoisotopic (exact) mass is 337 g/mol. The summed E-state index contributed by atoms with van der Waals surface area (Å²) in [5.74, 6) is 0.324. The number of rotatable bonds is 1. The lowest BCUT2D eigenvalue weighted by Crippen LogP contribution is -1.97. The zero-order valence-corrected chi connectivity index (χ0v) is 12.3. The van der Waals surface area contributed by atoms with Crippen LogP contribution in [0.4, 0.5) is 10.2 Å². The summed E-state index contributed by atoms with van der Waals surface area (Å²) in [6.07, 6.45) is 0. The standard InChI is InChI=1S/C13H9BrFN3S/c1-6-4-9-11(16)17-12(18-13(9)19-6)8-5-7(14)2-3-10(8)15/h2-5H,1H3,(H2,16,17,18). The predicted octanol–water partition coefficient (Wildman–Crippen LogP) is 4.15. The van der Waals surface area contributed by atoms with E-state index in [0.29, 0.717) is 17.2 Å². The van der Waals surface area contributed by atoms with E-state index in [1.807, 2.05) is 13.0 Å². The van der Waals surface area contributed by atoms with Crippen LogP contribution in [-0.2, 0) is 0 Å². The summed E-state index contributed by atoms with van der Waals surface area (Å²) in [7, 11) is 0. The molecule has 1 aromatic carbocycles. The highest BCUT2D eigenvalue weighted by molar-refractivity contribution is 9.10. The zero-order valence-electron chi connectivity index (χ0n) is 9.95. The highest BCUT2D eigenvalue weighted by Gasteiger charge is 2.13. The first kappa shape index (κ1) is 12.5. The van der Waals surface area contributed by atoms with Gasteiger partial charge < -0.3 is 5.73 Å². The van der Waals surface area contributed by atoms with Gasteiger partial charge in [0.25, 0.3) is 0 Å². The number of aryl methyl sites for hydroxylation is 1. The van der Waals surface area contributed by atoms with Gasteiger partial charge >= 0.3 is 0 Å². The van der Waals surface area contributed by atoms with Crippen LogP contribution in [0.2, 0.25) is 0 Å². The number of halogens is 2. The van der Waals surface area contributed by atoms with E-state index in [4.69, 9.17) is 5.73 Å². The fraction of sp³-hybridized carbons (Fsp3) is 0.0769. The minimum absolute atomic E-state index is 0.311. The lowest BCUT2D eigenvalue weighted by Gasteiger charge is -2.04. The van der Waals surface area contributed by atoms with E-state index in [1.54, 1.807) is 12.1 Å². The number of nitrogens with zero attached hydrogens (tertiary/aromatic N) is 2. The van der Waals surface area contributed by atoms with Crippen molar-refractivity contribution in [3.05, 3.63) is 39.4 Å². The fourth-order valence-electron chi connectivity index (χ4n) is 1.85. The van der Waals surface area contributed by atoms with E-state index in [2.05, 4.69) is 25.9 Å². The van der Waals surface area contributed by atoms with Crippen LogP contribution in [0, 0.1) is 12.7 Å². The van der Waals surface area contributed by atoms with Gasteiger partial charge in [0.05, 0.1) is 10.9 Å². The predicted molar refractivity (Wildman–Crippen MR) is 79.7 cm³/mol. The third-order valence-corrected chi connectivity index (χ3v) is 4.15. The average molecular weight is 338 g/mol. The number of benzene rings is 1. The minimum Gasteiger partial charge on any atom is -0.383 e. The van der Waals surface area contributed by atoms with Crippen molar-refractivity contribution in [3.8, 4) is 11.4 Å². The molecule has 19 heavy (non-hydrogen) atoms. The molecule has 2 aromatic heterocycles. The van der Waals surface area contributed by atoms with Gasteiger partial charge in [0, 0.05) is 9.35 Å². The van der Waals surface area contributed by atoms with Crippen molar-refractivity contribution in [1.29, 1.82) is 0 Å². The lowest BCUT2D eigenvalue weighted by atomic mass is 10.2. The van der Waals surface area contributed by atoms with Crippen molar-refractivity contribution < 1.29 is 4.39 Å². The first-order valence-electron chi connectivity index (χ1n) is 5.53. The number of hydrogen-bond donors (Lipinski definition) is 1. The maximum absolute atomic E-state index is 13.9. The van der Waals surface area contributed by atoms with Gasteiger partial charge in [0.2, 0.25) is 0 Å². The zero-order chi connectivity index (χ0) is 13.6. The van der Waals surface area contributed by atoms with Gasteiger partial charge in [-0.2, -0.15) is 0 Å². The quantitative estimate of drug-likeness (QED) is 0.725. The van der Waals surface area contributed by atoms with Gasteiger partial charge in [-0.1, -0.05) is 15.9 Å². The fourth-order valence-corrected chi connectivity index (χ4v) is 3.10. The van der Waals surface area contributed by atoms with Gasteiger partial charge in [-0.15, -0.1) is 11.3 Å². The van der Waals surface area contributed by atoms with Crippen LogP contribution in [0.3, 0.4) is 0 Å². The molecule has 0 spiro atoms. The van der Waals surface area contributed by atoms with Crippen molar-refractivity contribution in [2.24, 2.45) is 0 Å². The molecule has 3 aromatic rings. The Bertz CT molecular complexity index is 785. The molecule has 0 radical (unpaired) electrons. The molecule has 0 saturated carbocycles. The molecular formula is C13H9BrFN3S. The second-order valence-electron chi connectivity index (χ2n) is 4.13. The number of anilines is 1. The molecule has 96 valence electrons. The lowest BCUT2D eigenvalue weighted by molar-refractivity contribution is 0.630. The second kappa shape index (κ2) is 4.54. The van der Waals surface area contributed by atoms with Crippen LogP contribution in [0.5, 0.6) is 0 Å². The van der Waals surface area contributed by atoms with Crippen LogP contribution >= 0.6 is 27.3 Å². The molecule has 0 amide bonds. The molecule has 0 aliphatic heterocycles. The topological polar surface area (TPSA) is 51.8 Å². The first-order chi connectivity index (χ1) is 9.04. The molecule has 2 N–H and O–H groups in total. The van der Waals surface area contributed by atoms with Crippen LogP contribution in [0.1, 0.15) is 4.88 Å². The number of fused-ring (bicyclic) bond motifs is 1. The Labute approximate surface area is 121 Å². The van der Waals surface area contributed by atoms with E-state index in [0.717, 1.165) is 19.6 Å². The molecule has 0 unspecified atom stereocenters. The second-order valence-corrected chi connectivity index (χ2v) is 6.28. The molecule has 0 aliphatic rings. The number of hydrogen-bond acceptors (Lipinski definition) is 4. The summed E-state index contributed by atoms with van der Waals surface area (Å²) >= 11 is 4.84. The highest BCUT2D eigenvalue weighted by atomic mass is 79.9. The molecule has 6 heteroatoms. The molecule has 3 rings (SSSR count). The Morgan fingerprint density at radius 1 is 1.26 bits per heavy atom. The molecule has 0 saturated heterocycles. The van der Waals surface area contributed by atoms with E-state index in [1.165, 1.54) is 17.4 Å². The van der Waals surface area contributed by atoms with Crippen molar-refractivity contribution in [2.45, 2.75) is 6.92 Å². The SMILES string of the molecule is Cc1cc2c(N)nc(-c3cc(Br)ccc3F)nc2s1. The van der Waals surface area contributed by atoms with E-state index in [-0.39, 0.29) is 5.82 Å². The van der Waals surface area contributed by atoms with Gasteiger partial charge in [-0.3, -0.25) is 0 Å². The van der Waals surface area contributed by atoms with E-state index in [9.17, 15) is 4.39 Å². The Balaban J connectivity index is 2.27. The van der Waals surface area contributed by atoms with Gasteiger partial charge in [-0.25, -0.2) is 14.4 Å². The van der Waals surface area contributed by atoms with Gasteiger partial charge in [-0.05, 0) is 31.2 Å². The third-order valence-electron chi connectivity index (χ3n) is 2.71. The average Bonchev–Trinajstić information content (AvgIpc) is 2.73. The highest BCUT2D eigenvalue weighted by Crippen LogP contribution is 2.31. The van der Waals surface area contributed by atoms with Crippen LogP contribution in [0.25, 0.3) is 21.6 Å². The molecular weight excluding hydrogens is 329 g/mol. The number of nitrogens with two attached hydrogens (primary N) is 1. The van der Waals surface area contributed by atoms with Gasteiger partial charge in [0.1, 0.15) is 16.5 Å². The van der Waals surface area contributed by atoms with Crippen LogP contribution in [-0.4, -0.2) is 9.97 Å². The molecule has 2 heterocycles. The van der Waals surface area contributed by atoms with Crippen molar-refractivity contribution in [2.75, 3.05) is 5.73 Å². The van der Waals surface area contributed by atoms with Crippen molar-refractivity contribution in [1.82, 2.24) is 9.97 Å². The summed E-state index contributed by atoms with van der Waals surface area (Å²) < 4.78 is 14.6. The Kier molecular flexibility index (Phi) is 2.99. The molecule has 3 nitrogen and oxygen atoms in total. The first-order valence-corrected chi connectivity index (χ1v) is 7.14. The van der Waals surface area contributed by atoms with Crippen LogP contribution in [0.15, 0.2) is 28.7 Å². The number of aromatic nitrogens is 2. The third kappa shape index (κ3) is 2.21. The van der Waals surface area contributed by atoms with Crippen molar-refractivity contribution in [3.63, 3.8) is 0 Å². The largest absolute Gasteiger partial charge is 0.383 e. The Hall–Kier alpha value is -1.53. The summed E-state index contributed by atoms with van der Waals surface area (Å²) in [5.41, 5.74) is 6.26. The van der Waals surface area contributed by atoms with Crippen LogP contribution < -0.4 is 5.73 Å². The normalized spacial score (nSPS) is 11.1. The maximum atomic E-state index is 13.9. The van der Waals surface area contributed by atoms with E-state index < -0.39 is 0 Å². The minimum atomic E-state index is -0.366. The summed E-state index contributed by atoms with van der Waals surface area (Å²) in [4.78, 5) is 10.5. The Morgan fingerprint density at radius 3 is 2.84 bits per heavy atom. The molecule has 0 atom stereocenters. The van der Waals surface area contributed by atoms with Crippen molar-refractivity contribution >= 4 is 43.3 Å². The molecule has 0 fully saturated rings. The maximum Gasteiger partial charge on any atom is 0.166 e. The smallest absolute Gasteiger partial charge is 0.166 e. The summed E-state index contributed by atoms with van der Waals surface area (Å²) in [5, 5.41) is 0.821. The molecule has 0 bridgehead atoms. The Morgan fingerprint density at radius 2 is 2.05 bits per heavy atom. The van der Waals surface area contributed by atoms with E-state index >= 15 is 0 Å². The summed E-state index contributed by atoms with van der Waals surface area (Å²) in [6, 6.07) is 6.60. The summed E-state index contributed by atoms with van der Waals surface area (Å²) in [6.45, 7) is 1.98. The van der Waals surface area contributed by atoms with Gasteiger partial charge in [0.15, 0.2) is 5.82 Å². The number of nitrogen functional groups attached to an aromatic ring is 1. The number of thiophene rings is 1. The molecule has 0 aliphatic carbocycles.